The predicted octanol–water partition coefficient (Wildman–Crippen LogP) is 17.4. The van der Waals surface area contributed by atoms with Crippen LogP contribution in [-0.4, -0.2) is 24.4 Å². The Bertz CT molecular complexity index is 3230. The summed E-state index contributed by atoms with van der Waals surface area (Å²) < 4.78 is 1.14. The standard InChI is InChI=1S/C63H51IN4/c1-2-3-11-42-17-21-48(22-18-42)60-52-33-37-56(65-52)62(50-29-25-46(26-30-50)44-13-6-4-7-14-44)58-39-35-54(67-58)61(49-23-19-43(20-24-49)12-10-41-64)55-36-40-59(68-55)63(57-38-34-53(60)66-57)51-31-27-47(28-32-51)45-15-8-5-9-16-45/h4-9,13-40,65,68H,2-3,10-12,41H2,1H3. The molecule has 9 aromatic rings. The van der Waals surface area contributed by atoms with Crippen LogP contribution in [0.2, 0.25) is 0 Å². The highest BCUT2D eigenvalue weighted by atomic mass is 127. The summed E-state index contributed by atoms with van der Waals surface area (Å²) in [7, 11) is 0. The van der Waals surface area contributed by atoms with Crippen LogP contribution in [-0.2, 0) is 12.8 Å². The summed E-state index contributed by atoms with van der Waals surface area (Å²) in [4.78, 5) is 19.0. The molecule has 0 atom stereocenters. The number of fused-ring (bicyclic) bond motifs is 8. The fraction of sp³-hybridized carbons (Fsp3) is 0.111. The molecule has 5 heteroatoms. The normalized spacial score (nSPS) is 11.9. The van der Waals surface area contributed by atoms with E-state index in [0.717, 1.165) is 113 Å². The number of aromatic nitrogens is 4. The van der Waals surface area contributed by atoms with Crippen molar-refractivity contribution < 1.29 is 0 Å². The van der Waals surface area contributed by atoms with Gasteiger partial charge in [0.25, 0.3) is 0 Å². The van der Waals surface area contributed by atoms with Gasteiger partial charge in [0.1, 0.15) is 0 Å². The van der Waals surface area contributed by atoms with E-state index in [1.54, 1.807) is 0 Å². The Kier molecular flexibility index (Phi) is 12.4. The van der Waals surface area contributed by atoms with Crippen molar-refractivity contribution in [3.05, 3.63) is 216 Å². The van der Waals surface area contributed by atoms with Gasteiger partial charge < -0.3 is 9.97 Å². The van der Waals surface area contributed by atoms with Crippen LogP contribution in [0.4, 0.5) is 0 Å². The summed E-state index contributed by atoms with van der Waals surface area (Å²) >= 11 is 2.47. The molecule has 3 aromatic heterocycles. The van der Waals surface area contributed by atoms with Crippen LogP contribution >= 0.6 is 22.6 Å². The lowest BCUT2D eigenvalue weighted by atomic mass is 9.99. The van der Waals surface area contributed by atoms with Gasteiger partial charge in [0.15, 0.2) is 0 Å². The molecule has 68 heavy (non-hydrogen) atoms. The first-order valence-electron chi connectivity index (χ1n) is 23.8. The summed E-state index contributed by atoms with van der Waals surface area (Å²) in [5, 5.41) is 0. The lowest BCUT2D eigenvalue weighted by Gasteiger charge is -2.09. The molecule has 4 nitrogen and oxygen atoms in total. The minimum absolute atomic E-state index is 0.900. The molecule has 0 spiro atoms. The highest BCUT2D eigenvalue weighted by Gasteiger charge is 2.19. The second kappa shape index (κ2) is 19.5. The summed E-state index contributed by atoms with van der Waals surface area (Å²) in [6.07, 6.45) is 14.4. The number of halogens is 1. The zero-order valence-electron chi connectivity index (χ0n) is 38.1. The number of nitrogens with one attached hydrogen (secondary N) is 2. The number of alkyl halides is 1. The molecule has 5 heterocycles. The van der Waals surface area contributed by atoms with Gasteiger partial charge in [0.2, 0.25) is 0 Å². The molecule has 11 rings (SSSR count). The molecule has 2 aliphatic heterocycles. The Morgan fingerprint density at radius 2 is 0.632 bits per heavy atom. The van der Waals surface area contributed by atoms with Gasteiger partial charge in [-0.3, -0.25) is 0 Å². The number of hydrogen-bond donors (Lipinski definition) is 2. The van der Waals surface area contributed by atoms with Crippen molar-refractivity contribution in [1.29, 1.82) is 0 Å². The first-order valence-corrected chi connectivity index (χ1v) is 25.4. The Labute approximate surface area is 412 Å². The van der Waals surface area contributed by atoms with Gasteiger partial charge in [-0.05, 0) is 134 Å². The van der Waals surface area contributed by atoms with Gasteiger partial charge in [0.05, 0.1) is 22.8 Å². The van der Waals surface area contributed by atoms with E-state index in [1.165, 1.54) is 46.2 Å². The Hall–Kier alpha value is -7.35. The minimum atomic E-state index is 0.900. The van der Waals surface area contributed by atoms with Gasteiger partial charge in [-0.25, -0.2) is 9.97 Å². The number of unbranched alkanes of at least 4 members (excludes halogenated alkanes) is 1. The zero-order valence-corrected chi connectivity index (χ0v) is 40.3. The number of aromatic amines is 2. The second-order valence-electron chi connectivity index (χ2n) is 17.7. The molecule has 2 aliphatic rings. The maximum absolute atomic E-state index is 5.57. The third kappa shape index (κ3) is 8.82. The molecule has 0 unspecified atom stereocenters. The summed E-state index contributed by atoms with van der Waals surface area (Å²) in [6.45, 7) is 2.25. The van der Waals surface area contributed by atoms with Gasteiger partial charge in [-0.2, -0.15) is 0 Å². The number of aryl methyl sites for hydroxylation is 2. The van der Waals surface area contributed by atoms with Crippen LogP contribution in [0, 0.1) is 0 Å². The van der Waals surface area contributed by atoms with Crippen LogP contribution in [0.3, 0.4) is 0 Å². The molecule has 2 N–H and O–H groups in total. The molecule has 330 valence electrons. The molecule has 0 saturated heterocycles. The minimum Gasteiger partial charge on any atom is -0.354 e. The van der Waals surface area contributed by atoms with Crippen LogP contribution in [0.15, 0.2) is 182 Å². The maximum atomic E-state index is 5.57. The first kappa shape index (κ1) is 43.2. The molecule has 0 saturated carbocycles. The second-order valence-corrected chi connectivity index (χ2v) is 18.8. The predicted molar refractivity (Wildman–Crippen MR) is 297 cm³/mol. The Morgan fingerprint density at radius 1 is 0.338 bits per heavy atom. The molecule has 0 aliphatic carbocycles. The van der Waals surface area contributed by atoms with Crippen LogP contribution < -0.4 is 0 Å². The van der Waals surface area contributed by atoms with Crippen LogP contribution in [0.1, 0.15) is 60.1 Å². The lowest BCUT2D eigenvalue weighted by Crippen LogP contribution is -1.91. The van der Waals surface area contributed by atoms with Crippen molar-refractivity contribution in [2.24, 2.45) is 0 Å². The van der Waals surface area contributed by atoms with E-state index in [1.807, 2.05) is 0 Å². The monoisotopic (exact) mass is 990 g/mol. The van der Waals surface area contributed by atoms with E-state index >= 15 is 0 Å². The SMILES string of the molecule is CCCCc1ccc(-c2c3nc(c(-c4ccc(-c5ccccc5)cc4)c4ccc([nH]4)c(-c4ccc(CCCI)cc4)c4nc(c(-c5ccc(-c6ccccc6)cc5)c5ccc2[nH]5)C=C4)C=C3)cc1. The average molecular weight is 991 g/mol. The number of nitrogens with zero attached hydrogens (tertiary/aromatic N) is 2. The molecule has 0 radical (unpaired) electrons. The van der Waals surface area contributed by atoms with Crippen LogP contribution in [0.5, 0.6) is 0 Å². The number of benzene rings is 6. The van der Waals surface area contributed by atoms with Crippen LogP contribution in [0.25, 0.3) is 113 Å². The van der Waals surface area contributed by atoms with Crippen molar-refractivity contribution in [3.8, 4) is 66.8 Å². The highest BCUT2D eigenvalue weighted by molar-refractivity contribution is 14.1. The van der Waals surface area contributed by atoms with Gasteiger partial charge in [-0.15, -0.1) is 0 Å². The van der Waals surface area contributed by atoms with E-state index in [9.17, 15) is 0 Å². The quantitative estimate of drug-likeness (QED) is 0.0946. The van der Waals surface area contributed by atoms with E-state index in [4.69, 9.17) is 9.97 Å². The number of hydrogen-bond acceptors (Lipinski definition) is 2. The first-order chi connectivity index (χ1) is 33.6. The van der Waals surface area contributed by atoms with E-state index in [2.05, 4.69) is 246 Å². The Balaban J connectivity index is 1.20. The highest BCUT2D eigenvalue weighted by Crippen LogP contribution is 2.39. The molecular weight excluding hydrogens is 940 g/mol. The van der Waals surface area contributed by atoms with Crippen molar-refractivity contribution in [2.75, 3.05) is 4.43 Å². The summed E-state index contributed by atoms with van der Waals surface area (Å²) in [5.41, 5.74) is 23.6. The Morgan fingerprint density at radius 3 is 0.956 bits per heavy atom. The third-order valence-corrected chi connectivity index (χ3v) is 14.0. The van der Waals surface area contributed by atoms with E-state index < -0.39 is 0 Å². The van der Waals surface area contributed by atoms with Crippen molar-refractivity contribution in [2.45, 2.75) is 39.0 Å². The summed E-state index contributed by atoms with van der Waals surface area (Å²) in [6, 6.07) is 66.0. The summed E-state index contributed by atoms with van der Waals surface area (Å²) in [5.74, 6) is 0. The smallest absolute Gasteiger partial charge is 0.0737 e. The van der Waals surface area contributed by atoms with Crippen molar-refractivity contribution >= 4 is 69.0 Å². The van der Waals surface area contributed by atoms with Gasteiger partial charge >= 0.3 is 0 Å². The number of rotatable bonds is 12. The zero-order chi connectivity index (χ0) is 45.8. The fourth-order valence-electron chi connectivity index (χ4n) is 9.67. The molecule has 6 aromatic carbocycles. The molecular formula is C63H51IN4. The number of H-pyrrole nitrogens is 2. The molecule has 0 amide bonds. The van der Waals surface area contributed by atoms with Crippen molar-refractivity contribution in [3.63, 3.8) is 0 Å². The van der Waals surface area contributed by atoms with Gasteiger partial charge in [0, 0.05) is 44.3 Å². The average Bonchev–Trinajstić information content (AvgIpc) is 4.26. The fourth-order valence-corrected chi connectivity index (χ4v) is 10.0. The lowest BCUT2D eigenvalue weighted by molar-refractivity contribution is 0.795. The molecule has 8 bridgehead atoms. The van der Waals surface area contributed by atoms with E-state index in [-0.39, 0.29) is 0 Å². The van der Waals surface area contributed by atoms with Gasteiger partial charge in [-0.1, -0.05) is 194 Å². The van der Waals surface area contributed by atoms with Crippen molar-refractivity contribution in [1.82, 2.24) is 19.9 Å². The maximum Gasteiger partial charge on any atom is 0.0737 e. The molecule has 0 fully saturated rings. The largest absolute Gasteiger partial charge is 0.354 e. The third-order valence-electron chi connectivity index (χ3n) is 13.2. The van der Waals surface area contributed by atoms with E-state index in [0.29, 0.717) is 0 Å². The topological polar surface area (TPSA) is 57.4 Å².